The molecule has 0 heterocycles. The lowest BCUT2D eigenvalue weighted by atomic mass is 9.96. The third-order valence-electron chi connectivity index (χ3n) is 3.16. The fourth-order valence-corrected chi connectivity index (χ4v) is 2.19. The first-order chi connectivity index (χ1) is 7.66. The molecule has 0 saturated heterocycles. The smallest absolute Gasteiger partial charge is 0.330 e. The number of carbonyl (C=O) groups is 1. The van der Waals surface area contributed by atoms with Crippen LogP contribution < -0.4 is 5.73 Å². The minimum absolute atomic E-state index is 0.479. The van der Waals surface area contributed by atoms with Gasteiger partial charge in [0.05, 0.1) is 5.54 Å². The van der Waals surface area contributed by atoms with Gasteiger partial charge in [-0.25, -0.2) is 0 Å². The van der Waals surface area contributed by atoms with Gasteiger partial charge in [0, 0.05) is 6.04 Å². The van der Waals surface area contributed by atoms with Crippen LogP contribution in [0.1, 0.15) is 39.5 Å². The van der Waals surface area contributed by atoms with Crippen LogP contribution in [0.2, 0.25) is 0 Å². The molecule has 1 aliphatic carbocycles. The van der Waals surface area contributed by atoms with Gasteiger partial charge in [-0.05, 0) is 26.7 Å². The lowest BCUT2D eigenvalue weighted by Crippen LogP contribution is -2.57. The van der Waals surface area contributed by atoms with Crippen LogP contribution in [0.4, 0.5) is 13.2 Å². The van der Waals surface area contributed by atoms with Crippen molar-refractivity contribution in [3.8, 4) is 0 Å². The molecule has 0 aromatic rings. The van der Waals surface area contributed by atoms with Crippen LogP contribution in [0.3, 0.4) is 0 Å². The van der Waals surface area contributed by atoms with Crippen molar-refractivity contribution in [2.24, 2.45) is 5.73 Å². The third-order valence-corrected chi connectivity index (χ3v) is 3.16. The minimum Gasteiger partial charge on any atom is -0.330 e. The van der Waals surface area contributed by atoms with Crippen molar-refractivity contribution in [2.45, 2.75) is 57.3 Å². The molecule has 0 aromatic carbocycles. The Morgan fingerprint density at radius 3 is 2.18 bits per heavy atom. The molecule has 3 nitrogen and oxygen atoms in total. The van der Waals surface area contributed by atoms with Gasteiger partial charge >= 0.3 is 6.18 Å². The highest BCUT2D eigenvalue weighted by Crippen LogP contribution is 2.30. The molecule has 0 atom stereocenters. The van der Waals surface area contributed by atoms with Gasteiger partial charge in [0.1, 0.15) is 6.54 Å². The predicted molar refractivity (Wildman–Crippen MR) is 58.3 cm³/mol. The zero-order valence-electron chi connectivity index (χ0n) is 10.2. The molecule has 0 aliphatic heterocycles. The van der Waals surface area contributed by atoms with Gasteiger partial charge in [-0.15, -0.1) is 0 Å². The Kier molecular flexibility index (Phi) is 4.06. The van der Waals surface area contributed by atoms with Gasteiger partial charge in [0.25, 0.3) is 0 Å². The molecule has 0 unspecified atom stereocenters. The van der Waals surface area contributed by atoms with Crippen molar-refractivity contribution < 1.29 is 18.0 Å². The summed E-state index contributed by atoms with van der Waals surface area (Å²) in [5, 5.41) is 0. The summed E-state index contributed by atoms with van der Waals surface area (Å²) in [6, 6.07) is -0.495. The van der Waals surface area contributed by atoms with E-state index in [0.29, 0.717) is 12.8 Å². The lowest BCUT2D eigenvalue weighted by molar-refractivity contribution is -0.167. The highest BCUT2D eigenvalue weighted by molar-refractivity contribution is 5.86. The van der Waals surface area contributed by atoms with Crippen molar-refractivity contribution in [2.75, 3.05) is 6.54 Å². The van der Waals surface area contributed by atoms with Crippen LogP contribution in [0.5, 0.6) is 0 Å². The molecular weight excluding hydrogens is 233 g/mol. The normalized spacial score (nSPS) is 19.7. The number of amides is 1. The fraction of sp³-hybridized carbons (Fsp3) is 0.909. The van der Waals surface area contributed by atoms with Crippen LogP contribution in [0.25, 0.3) is 0 Å². The van der Waals surface area contributed by atoms with E-state index in [1.54, 1.807) is 13.8 Å². The third kappa shape index (κ3) is 3.59. The largest absolute Gasteiger partial charge is 0.406 e. The van der Waals surface area contributed by atoms with Gasteiger partial charge in [-0.3, -0.25) is 4.79 Å². The number of hydrogen-bond acceptors (Lipinski definition) is 2. The van der Waals surface area contributed by atoms with Crippen LogP contribution >= 0.6 is 0 Å². The first kappa shape index (κ1) is 14.3. The van der Waals surface area contributed by atoms with E-state index >= 15 is 0 Å². The molecule has 0 bridgehead atoms. The van der Waals surface area contributed by atoms with Crippen LogP contribution in [0, 0.1) is 0 Å². The summed E-state index contributed by atoms with van der Waals surface area (Å²) in [6.45, 7) is 1.92. The van der Waals surface area contributed by atoms with Crippen LogP contribution in [-0.4, -0.2) is 35.1 Å². The Labute approximate surface area is 99.1 Å². The second kappa shape index (κ2) is 4.84. The fourth-order valence-electron chi connectivity index (χ4n) is 2.19. The van der Waals surface area contributed by atoms with Crippen molar-refractivity contribution in [1.29, 1.82) is 0 Å². The molecule has 2 N–H and O–H groups in total. The van der Waals surface area contributed by atoms with Crippen LogP contribution in [-0.2, 0) is 4.79 Å². The molecule has 100 valence electrons. The molecular formula is C11H19F3N2O. The van der Waals surface area contributed by atoms with E-state index in [2.05, 4.69) is 0 Å². The van der Waals surface area contributed by atoms with Crippen molar-refractivity contribution in [1.82, 2.24) is 4.90 Å². The minimum atomic E-state index is -4.38. The molecule has 1 saturated carbocycles. The predicted octanol–water partition coefficient (Wildman–Crippen LogP) is 2.06. The van der Waals surface area contributed by atoms with Gasteiger partial charge < -0.3 is 10.6 Å². The number of hydrogen-bond donors (Lipinski definition) is 1. The van der Waals surface area contributed by atoms with E-state index in [-0.39, 0.29) is 0 Å². The Morgan fingerprint density at radius 1 is 1.35 bits per heavy atom. The molecule has 0 aromatic heterocycles. The van der Waals surface area contributed by atoms with E-state index in [1.165, 1.54) is 0 Å². The average molecular weight is 252 g/mol. The zero-order chi connectivity index (χ0) is 13.3. The van der Waals surface area contributed by atoms with E-state index in [9.17, 15) is 18.0 Å². The molecule has 0 radical (unpaired) electrons. The van der Waals surface area contributed by atoms with Crippen molar-refractivity contribution in [3.63, 3.8) is 0 Å². The number of rotatable bonds is 3. The summed E-state index contributed by atoms with van der Waals surface area (Å²) < 4.78 is 37.2. The average Bonchev–Trinajstić information content (AvgIpc) is 2.60. The summed E-state index contributed by atoms with van der Waals surface area (Å²) in [7, 11) is 0. The summed E-state index contributed by atoms with van der Waals surface area (Å²) in [6.07, 6.45) is -1.81. The molecule has 1 rings (SSSR count). The standard InChI is InChI=1S/C11H19F3N2O/c1-8(2)16(7-11(12,13)14)9(17)10(15)5-3-4-6-10/h8H,3-7,15H2,1-2H3. The maximum atomic E-state index is 12.4. The SMILES string of the molecule is CC(C)N(CC(F)(F)F)C(=O)C1(N)CCCC1. The number of alkyl halides is 3. The molecule has 0 spiro atoms. The second-order valence-electron chi connectivity index (χ2n) is 5.01. The Bertz CT molecular complexity index is 283. The van der Waals surface area contributed by atoms with Crippen molar-refractivity contribution in [3.05, 3.63) is 0 Å². The Morgan fingerprint density at radius 2 is 1.82 bits per heavy atom. The maximum Gasteiger partial charge on any atom is 0.406 e. The van der Waals surface area contributed by atoms with Crippen molar-refractivity contribution >= 4 is 5.91 Å². The van der Waals surface area contributed by atoms with Gasteiger partial charge in [0.2, 0.25) is 5.91 Å². The van der Waals surface area contributed by atoms with E-state index < -0.39 is 30.2 Å². The first-order valence-corrected chi connectivity index (χ1v) is 5.82. The summed E-state index contributed by atoms with van der Waals surface area (Å²) in [4.78, 5) is 12.9. The topological polar surface area (TPSA) is 46.3 Å². The monoisotopic (exact) mass is 252 g/mol. The quantitative estimate of drug-likeness (QED) is 0.835. The number of halogens is 3. The van der Waals surface area contributed by atoms with Gasteiger partial charge in [-0.1, -0.05) is 12.8 Å². The van der Waals surface area contributed by atoms with Crippen LogP contribution in [0.15, 0.2) is 0 Å². The molecule has 1 amide bonds. The number of nitrogens with zero attached hydrogens (tertiary/aromatic N) is 1. The highest BCUT2D eigenvalue weighted by atomic mass is 19.4. The summed E-state index contributed by atoms with van der Waals surface area (Å²) >= 11 is 0. The first-order valence-electron chi connectivity index (χ1n) is 5.82. The lowest BCUT2D eigenvalue weighted by Gasteiger charge is -2.34. The number of carbonyl (C=O) groups excluding carboxylic acids is 1. The van der Waals surface area contributed by atoms with Gasteiger partial charge in [0.15, 0.2) is 0 Å². The molecule has 1 aliphatic rings. The van der Waals surface area contributed by atoms with E-state index in [1.807, 2.05) is 0 Å². The van der Waals surface area contributed by atoms with E-state index in [4.69, 9.17) is 5.73 Å². The summed E-state index contributed by atoms with van der Waals surface area (Å²) in [5.74, 6) is -0.567. The van der Waals surface area contributed by atoms with E-state index in [0.717, 1.165) is 17.7 Å². The Balaban J connectivity index is 2.80. The highest BCUT2D eigenvalue weighted by Gasteiger charge is 2.43. The molecule has 17 heavy (non-hydrogen) atoms. The Hall–Kier alpha value is -0.780. The summed E-state index contributed by atoms with van der Waals surface area (Å²) in [5.41, 5.74) is 4.81. The maximum absolute atomic E-state index is 12.4. The second-order valence-corrected chi connectivity index (χ2v) is 5.01. The number of nitrogens with two attached hydrogens (primary N) is 1. The van der Waals surface area contributed by atoms with Gasteiger partial charge in [-0.2, -0.15) is 13.2 Å². The molecule has 6 heteroatoms. The zero-order valence-corrected chi connectivity index (χ0v) is 10.2. The molecule has 1 fully saturated rings.